The lowest BCUT2D eigenvalue weighted by atomic mass is 10.1. The minimum atomic E-state index is -0.160. The lowest BCUT2D eigenvalue weighted by molar-refractivity contribution is 0.0676. The van der Waals surface area contributed by atoms with Crippen LogP contribution in [0.15, 0.2) is 0 Å². The number of aliphatic hydroxyl groups is 1. The molecule has 1 fully saturated rings. The molecule has 17 heavy (non-hydrogen) atoms. The third-order valence-corrected chi connectivity index (χ3v) is 3.28. The van der Waals surface area contributed by atoms with Gasteiger partial charge in [0.15, 0.2) is 0 Å². The number of rotatable bonds is 8. The molecule has 0 amide bonds. The van der Waals surface area contributed by atoms with Crippen molar-refractivity contribution >= 4 is 0 Å². The Morgan fingerprint density at radius 1 is 1.12 bits per heavy atom. The normalized spacial score (nSPS) is 25.8. The smallest absolute Gasteiger partial charge is 0.0700 e. The summed E-state index contributed by atoms with van der Waals surface area (Å²) < 4.78 is 10.3. The van der Waals surface area contributed by atoms with Crippen LogP contribution >= 0.6 is 0 Å². The van der Waals surface area contributed by atoms with E-state index in [0.717, 1.165) is 32.4 Å². The van der Waals surface area contributed by atoms with E-state index >= 15 is 0 Å². The van der Waals surface area contributed by atoms with Crippen molar-refractivity contribution in [3.8, 4) is 0 Å². The topological polar surface area (TPSA) is 50.7 Å². The van der Waals surface area contributed by atoms with Crippen LogP contribution in [0, 0.1) is 0 Å². The summed E-state index contributed by atoms with van der Waals surface area (Å²) >= 11 is 0. The first-order chi connectivity index (χ1) is 8.34. The maximum Gasteiger partial charge on any atom is 0.0700 e. The van der Waals surface area contributed by atoms with Gasteiger partial charge in [0.05, 0.1) is 19.3 Å². The third-order valence-electron chi connectivity index (χ3n) is 3.28. The van der Waals surface area contributed by atoms with Gasteiger partial charge in [-0.2, -0.15) is 0 Å². The van der Waals surface area contributed by atoms with Crippen molar-refractivity contribution in [1.82, 2.24) is 5.32 Å². The predicted octanol–water partition coefficient (Wildman–Crippen LogP) is 1.32. The van der Waals surface area contributed by atoms with E-state index in [1.54, 1.807) is 7.11 Å². The standard InChI is InChI=1S/C13H27NO3/c1-16-10-11-17-9-5-8-14-12-6-3-2-4-7-13(12)15/h12-15H,2-11H2,1H3. The summed E-state index contributed by atoms with van der Waals surface area (Å²) in [5.41, 5.74) is 0. The Bertz CT molecular complexity index is 178. The first-order valence-electron chi connectivity index (χ1n) is 6.82. The number of ether oxygens (including phenoxy) is 2. The van der Waals surface area contributed by atoms with Gasteiger partial charge in [-0.25, -0.2) is 0 Å². The van der Waals surface area contributed by atoms with Crippen LogP contribution in [0.2, 0.25) is 0 Å². The second-order valence-corrected chi connectivity index (χ2v) is 4.72. The fourth-order valence-corrected chi connectivity index (χ4v) is 2.23. The summed E-state index contributed by atoms with van der Waals surface area (Å²) in [5.74, 6) is 0. The zero-order chi connectivity index (χ0) is 12.3. The highest BCUT2D eigenvalue weighted by Crippen LogP contribution is 2.17. The van der Waals surface area contributed by atoms with Crippen molar-refractivity contribution in [2.75, 3.05) is 33.5 Å². The van der Waals surface area contributed by atoms with E-state index in [1.807, 2.05) is 0 Å². The minimum Gasteiger partial charge on any atom is -0.392 e. The summed E-state index contributed by atoms with van der Waals surface area (Å²) in [5, 5.41) is 13.4. The molecule has 0 aliphatic heterocycles. The summed E-state index contributed by atoms with van der Waals surface area (Å²) in [6.07, 6.45) is 6.54. The summed E-state index contributed by atoms with van der Waals surface area (Å²) in [7, 11) is 1.68. The first kappa shape index (κ1) is 14.9. The average molecular weight is 245 g/mol. The van der Waals surface area contributed by atoms with Crippen molar-refractivity contribution in [3.63, 3.8) is 0 Å². The van der Waals surface area contributed by atoms with Crippen molar-refractivity contribution in [3.05, 3.63) is 0 Å². The SMILES string of the molecule is COCCOCCCNC1CCCCCC1O. The molecule has 2 N–H and O–H groups in total. The second kappa shape index (κ2) is 9.83. The summed E-state index contributed by atoms with van der Waals surface area (Å²) in [6, 6.07) is 0.288. The number of methoxy groups -OCH3 is 1. The van der Waals surface area contributed by atoms with Crippen LogP contribution in [0.5, 0.6) is 0 Å². The fraction of sp³-hybridized carbons (Fsp3) is 1.00. The molecule has 1 saturated carbocycles. The molecule has 1 aliphatic rings. The van der Waals surface area contributed by atoms with E-state index < -0.39 is 0 Å². The molecule has 1 rings (SSSR count). The van der Waals surface area contributed by atoms with Crippen molar-refractivity contribution in [2.24, 2.45) is 0 Å². The molecule has 0 radical (unpaired) electrons. The molecule has 0 saturated heterocycles. The molecule has 2 unspecified atom stereocenters. The number of nitrogens with one attached hydrogen (secondary N) is 1. The molecule has 0 aromatic rings. The molecule has 102 valence electrons. The van der Waals surface area contributed by atoms with E-state index in [0.29, 0.717) is 13.2 Å². The maximum absolute atomic E-state index is 9.91. The van der Waals surface area contributed by atoms with Crippen LogP contribution in [-0.4, -0.2) is 50.7 Å². The predicted molar refractivity (Wildman–Crippen MR) is 68.2 cm³/mol. The third kappa shape index (κ3) is 6.99. The van der Waals surface area contributed by atoms with Crippen LogP contribution in [0.4, 0.5) is 0 Å². The van der Waals surface area contributed by atoms with Gasteiger partial charge < -0.3 is 19.9 Å². The summed E-state index contributed by atoms with van der Waals surface area (Å²) in [6.45, 7) is 3.02. The Hall–Kier alpha value is -0.160. The number of aliphatic hydroxyl groups excluding tert-OH is 1. The molecule has 2 atom stereocenters. The lowest BCUT2D eigenvalue weighted by Gasteiger charge is -2.21. The highest BCUT2D eigenvalue weighted by atomic mass is 16.5. The van der Waals surface area contributed by atoms with Gasteiger partial charge in [-0.1, -0.05) is 19.3 Å². The maximum atomic E-state index is 9.91. The van der Waals surface area contributed by atoms with E-state index in [1.165, 1.54) is 19.3 Å². The van der Waals surface area contributed by atoms with Gasteiger partial charge in [-0.15, -0.1) is 0 Å². The minimum absolute atomic E-state index is 0.160. The van der Waals surface area contributed by atoms with Gasteiger partial charge in [0.1, 0.15) is 0 Å². The molecule has 0 aromatic heterocycles. The van der Waals surface area contributed by atoms with Crippen LogP contribution in [0.3, 0.4) is 0 Å². The van der Waals surface area contributed by atoms with Crippen LogP contribution in [0.1, 0.15) is 38.5 Å². The van der Waals surface area contributed by atoms with E-state index in [9.17, 15) is 5.11 Å². The van der Waals surface area contributed by atoms with E-state index in [4.69, 9.17) is 9.47 Å². The van der Waals surface area contributed by atoms with Crippen LogP contribution in [0.25, 0.3) is 0 Å². The Balaban J connectivity index is 1.97. The zero-order valence-corrected chi connectivity index (χ0v) is 11.0. The number of hydrogen-bond acceptors (Lipinski definition) is 4. The quantitative estimate of drug-likeness (QED) is 0.500. The molecule has 4 heteroatoms. The molecule has 0 bridgehead atoms. The van der Waals surface area contributed by atoms with Gasteiger partial charge in [-0.3, -0.25) is 0 Å². The monoisotopic (exact) mass is 245 g/mol. The van der Waals surface area contributed by atoms with Crippen molar-refractivity contribution < 1.29 is 14.6 Å². The molecule has 0 aromatic carbocycles. The van der Waals surface area contributed by atoms with Gasteiger partial charge in [0.2, 0.25) is 0 Å². The van der Waals surface area contributed by atoms with Gasteiger partial charge >= 0.3 is 0 Å². The van der Waals surface area contributed by atoms with Gasteiger partial charge in [0, 0.05) is 19.8 Å². The van der Waals surface area contributed by atoms with Gasteiger partial charge in [0.25, 0.3) is 0 Å². The largest absolute Gasteiger partial charge is 0.392 e. The average Bonchev–Trinajstić information content (AvgIpc) is 2.53. The van der Waals surface area contributed by atoms with Crippen LogP contribution in [-0.2, 0) is 9.47 Å². The first-order valence-corrected chi connectivity index (χ1v) is 6.82. The number of hydrogen-bond donors (Lipinski definition) is 2. The Labute approximate surface area is 105 Å². The van der Waals surface area contributed by atoms with E-state index in [-0.39, 0.29) is 12.1 Å². The van der Waals surface area contributed by atoms with Crippen molar-refractivity contribution in [2.45, 2.75) is 50.7 Å². The Morgan fingerprint density at radius 3 is 2.76 bits per heavy atom. The molecule has 4 nitrogen and oxygen atoms in total. The van der Waals surface area contributed by atoms with Crippen LogP contribution < -0.4 is 5.32 Å². The van der Waals surface area contributed by atoms with Gasteiger partial charge in [-0.05, 0) is 25.8 Å². The highest BCUT2D eigenvalue weighted by molar-refractivity contribution is 4.78. The Kier molecular flexibility index (Phi) is 8.61. The molecule has 1 aliphatic carbocycles. The second-order valence-electron chi connectivity index (χ2n) is 4.72. The molecule has 0 heterocycles. The Morgan fingerprint density at radius 2 is 1.94 bits per heavy atom. The highest BCUT2D eigenvalue weighted by Gasteiger charge is 2.20. The van der Waals surface area contributed by atoms with E-state index in [2.05, 4.69) is 5.32 Å². The molecular weight excluding hydrogens is 218 g/mol. The fourth-order valence-electron chi connectivity index (χ4n) is 2.23. The lowest BCUT2D eigenvalue weighted by Crippen LogP contribution is -2.39. The zero-order valence-electron chi connectivity index (χ0n) is 11.0. The molecule has 0 spiro atoms. The van der Waals surface area contributed by atoms with Crippen molar-refractivity contribution in [1.29, 1.82) is 0 Å². The summed E-state index contributed by atoms with van der Waals surface area (Å²) in [4.78, 5) is 0. The molecular formula is C13H27NO3.